The zero-order chi connectivity index (χ0) is 14.0. The number of rotatable bonds is 3. The molecule has 2 aromatic rings. The van der Waals surface area contributed by atoms with Gasteiger partial charge < -0.3 is 4.90 Å². The first-order valence-electron chi connectivity index (χ1n) is 6.07. The quantitative estimate of drug-likeness (QED) is 0.798. The Kier molecular flexibility index (Phi) is 4.42. The summed E-state index contributed by atoms with van der Waals surface area (Å²) in [7, 11) is 1.85. The Morgan fingerprint density at radius 2 is 2.11 bits per heavy atom. The van der Waals surface area contributed by atoms with Gasteiger partial charge in [-0.3, -0.25) is 4.79 Å². The minimum atomic E-state index is 0.0431. The second-order valence-corrected chi connectivity index (χ2v) is 6.41. The molecule has 1 amide bonds. The number of aryl methyl sites for hydroxylation is 1. The fourth-order valence-electron chi connectivity index (χ4n) is 1.83. The van der Waals surface area contributed by atoms with Crippen LogP contribution in [0.2, 0.25) is 0 Å². The highest BCUT2D eigenvalue weighted by atomic mass is 79.9. The molecule has 0 saturated heterocycles. The minimum absolute atomic E-state index is 0.0431. The molecule has 1 atom stereocenters. The van der Waals surface area contributed by atoms with Crippen molar-refractivity contribution in [1.82, 2.24) is 4.90 Å². The van der Waals surface area contributed by atoms with E-state index in [0.29, 0.717) is 5.56 Å². The highest BCUT2D eigenvalue weighted by Crippen LogP contribution is 2.26. The molecular weight excluding hydrogens is 322 g/mol. The summed E-state index contributed by atoms with van der Waals surface area (Å²) in [5.74, 6) is 0.0431. The Labute approximate surface area is 126 Å². The van der Waals surface area contributed by atoms with E-state index in [1.165, 1.54) is 4.88 Å². The average molecular weight is 338 g/mol. The molecule has 2 rings (SSSR count). The predicted molar refractivity (Wildman–Crippen MR) is 83.7 cm³/mol. The number of hydrogen-bond acceptors (Lipinski definition) is 2. The molecule has 0 bridgehead atoms. The Hall–Kier alpha value is -1.13. The molecule has 1 heterocycles. The van der Waals surface area contributed by atoms with Crippen molar-refractivity contribution < 1.29 is 4.79 Å². The molecule has 1 aromatic heterocycles. The smallest absolute Gasteiger partial charge is 0.254 e. The zero-order valence-corrected chi connectivity index (χ0v) is 13.6. The lowest BCUT2D eigenvalue weighted by molar-refractivity contribution is 0.0745. The van der Waals surface area contributed by atoms with Crippen LogP contribution in [0.5, 0.6) is 0 Å². The SMILES string of the molecule is Cc1ccc(C(=O)N(C)C(C)c2cccs2)cc1Br. The van der Waals surface area contributed by atoms with Crippen molar-refractivity contribution in [1.29, 1.82) is 0 Å². The van der Waals surface area contributed by atoms with Gasteiger partial charge in [-0.1, -0.05) is 28.1 Å². The number of benzene rings is 1. The van der Waals surface area contributed by atoms with Gasteiger partial charge in [0, 0.05) is 22.0 Å². The third kappa shape index (κ3) is 3.07. The van der Waals surface area contributed by atoms with Crippen LogP contribution in [0, 0.1) is 6.92 Å². The highest BCUT2D eigenvalue weighted by Gasteiger charge is 2.19. The fourth-order valence-corrected chi connectivity index (χ4v) is 3.03. The number of halogens is 1. The van der Waals surface area contributed by atoms with Crippen LogP contribution in [0.15, 0.2) is 40.2 Å². The van der Waals surface area contributed by atoms with Crippen LogP contribution < -0.4 is 0 Å². The van der Waals surface area contributed by atoms with Crippen molar-refractivity contribution in [2.24, 2.45) is 0 Å². The summed E-state index contributed by atoms with van der Waals surface area (Å²) in [5, 5.41) is 2.03. The molecule has 0 spiro atoms. The Morgan fingerprint density at radius 1 is 1.37 bits per heavy atom. The minimum Gasteiger partial charge on any atom is -0.334 e. The summed E-state index contributed by atoms with van der Waals surface area (Å²) in [5.41, 5.74) is 1.84. The largest absolute Gasteiger partial charge is 0.334 e. The topological polar surface area (TPSA) is 20.3 Å². The average Bonchev–Trinajstić information content (AvgIpc) is 2.93. The van der Waals surface area contributed by atoms with E-state index in [2.05, 4.69) is 22.0 Å². The van der Waals surface area contributed by atoms with Gasteiger partial charge in [-0.25, -0.2) is 0 Å². The third-order valence-electron chi connectivity index (χ3n) is 3.28. The number of amides is 1. The molecule has 1 unspecified atom stereocenters. The molecule has 0 radical (unpaired) electrons. The summed E-state index contributed by atoms with van der Waals surface area (Å²) in [6, 6.07) is 9.88. The van der Waals surface area contributed by atoms with Crippen LogP contribution in [0.1, 0.15) is 33.8 Å². The lowest BCUT2D eigenvalue weighted by Gasteiger charge is -2.24. The first-order chi connectivity index (χ1) is 9.00. The van der Waals surface area contributed by atoms with Crippen molar-refractivity contribution in [2.45, 2.75) is 19.9 Å². The van der Waals surface area contributed by atoms with E-state index >= 15 is 0 Å². The molecule has 0 aliphatic carbocycles. The van der Waals surface area contributed by atoms with Gasteiger partial charge in [-0.2, -0.15) is 0 Å². The maximum absolute atomic E-state index is 12.5. The molecule has 0 aliphatic rings. The standard InChI is InChI=1S/C15H16BrNOS/c1-10-6-7-12(9-13(10)16)15(18)17(3)11(2)14-5-4-8-19-14/h4-9,11H,1-3H3. The number of carbonyl (C=O) groups is 1. The third-order valence-corrected chi connectivity index (χ3v) is 5.17. The summed E-state index contributed by atoms with van der Waals surface area (Å²) in [6.07, 6.45) is 0. The normalized spacial score (nSPS) is 12.2. The van der Waals surface area contributed by atoms with Gasteiger partial charge in [0.05, 0.1) is 6.04 Å². The van der Waals surface area contributed by atoms with Crippen molar-refractivity contribution in [3.8, 4) is 0 Å². The monoisotopic (exact) mass is 337 g/mol. The Balaban J connectivity index is 2.21. The number of thiophene rings is 1. The summed E-state index contributed by atoms with van der Waals surface area (Å²) in [4.78, 5) is 15.4. The highest BCUT2D eigenvalue weighted by molar-refractivity contribution is 9.10. The van der Waals surface area contributed by atoms with Gasteiger partial charge in [-0.15, -0.1) is 11.3 Å². The first-order valence-corrected chi connectivity index (χ1v) is 7.74. The van der Waals surface area contributed by atoms with Crippen LogP contribution in [0.25, 0.3) is 0 Å². The molecule has 0 N–H and O–H groups in total. The van der Waals surface area contributed by atoms with Crippen molar-refractivity contribution >= 4 is 33.2 Å². The molecule has 2 nitrogen and oxygen atoms in total. The second-order valence-electron chi connectivity index (χ2n) is 4.57. The van der Waals surface area contributed by atoms with Crippen LogP contribution in [-0.2, 0) is 0 Å². The van der Waals surface area contributed by atoms with Crippen LogP contribution in [0.3, 0.4) is 0 Å². The van der Waals surface area contributed by atoms with E-state index in [9.17, 15) is 4.79 Å². The van der Waals surface area contributed by atoms with Crippen molar-refractivity contribution in [2.75, 3.05) is 7.05 Å². The van der Waals surface area contributed by atoms with E-state index in [1.807, 2.05) is 50.5 Å². The number of carbonyl (C=O) groups excluding carboxylic acids is 1. The van der Waals surface area contributed by atoms with E-state index in [-0.39, 0.29) is 11.9 Å². The van der Waals surface area contributed by atoms with E-state index in [0.717, 1.165) is 10.0 Å². The molecule has 1 aromatic carbocycles. The zero-order valence-electron chi connectivity index (χ0n) is 11.2. The predicted octanol–water partition coefficient (Wildman–Crippen LogP) is 4.65. The van der Waals surface area contributed by atoms with Gasteiger partial charge in [-0.05, 0) is 43.0 Å². The van der Waals surface area contributed by atoms with Crippen molar-refractivity contribution in [3.63, 3.8) is 0 Å². The maximum Gasteiger partial charge on any atom is 0.254 e. The molecular formula is C15H16BrNOS. The number of nitrogens with zero attached hydrogens (tertiary/aromatic N) is 1. The Morgan fingerprint density at radius 3 is 2.68 bits per heavy atom. The summed E-state index contributed by atoms with van der Waals surface area (Å²) in [6.45, 7) is 4.06. The summed E-state index contributed by atoms with van der Waals surface area (Å²) >= 11 is 5.14. The second kappa shape index (κ2) is 5.88. The first kappa shape index (κ1) is 14.3. The molecule has 4 heteroatoms. The summed E-state index contributed by atoms with van der Waals surface area (Å²) < 4.78 is 0.968. The van der Waals surface area contributed by atoms with Gasteiger partial charge in [0.25, 0.3) is 5.91 Å². The lowest BCUT2D eigenvalue weighted by Crippen LogP contribution is -2.29. The molecule has 0 aliphatic heterocycles. The molecule has 100 valence electrons. The molecule has 0 fully saturated rings. The Bertz CT molecular complexity index is 580. The maximum atomic E-state index is 12.5. The number of hydrogen-bond donors (Lipinski definition) is 0. The fraction of sp³-hybridized carbons (Fsp3) is 0.267. The molecule has 0 saturated carbocycles. The lowest BCUT2D eigenvalue weighted by atomic mass is 10.1. The van der Waals surface area contributed by atoms with Crippen LogP contribution in [-0.4, -0.2) is 17.9 Å². The van der Waals surface area contributed by atoms with Crippen molar-refractivity contribution in [3.05, 3.63) is 56.2 Å². The van der Waals surface area contributed by atoms with Gasteiger partial charge in [0.2, 0.25) is 0 Å². The van der Waals surface area contributed by atoms with Crippen LogP contribution in [0.4, 0.5) is 0 Å². The molecule has 19 heavy (non-hydrogen) atoms. The van der Waals surface area contributed by atoms with Gasteiger partial charge in [0.15, 0.2) is 0 Å². The van der Waals surface area contributed by atoms with E-state index in [1.54, 1.807) is 16.2 Å². The van der Waals surface area contributed by atoms with Gasteiger partial charge >= 0.3 is 0 Å². The van der Waals surface area contributed by atoms with Gasteiger partial charge in [0.1, 0.15) is 0 Å². The van der Waals surface area contributed by atoms with Crippen LogP contribution >= 0.6 is 27.3 Å². The van der Waals surface area contributed by atoms with E-state index in [4.69, 9.17) is 0 Å². The van der Waals surface area contributed by atoms with E-state index < -0.39 is 0 Å².